The van der Waals surface area contributed by atoms with E-state index >= 15 is 0 Å². The van der Waals surface area contributed by atoms with Crippen molar-refractivity contribution in [2.24, 2.45) is 10.5 Å². The highest BCUT2D eigenvalue weighted by Crippen LogP contribution is 2.35. The van der Waals surface area contributed by atoms with Gasteiger partial charge in [-0.1, -0.05) is 67.6 Å². The lowest BCUT2D eigenvalue weighted by Gasteiger charge is -2.23. The van der Waals surface area contributed by atoms with Crippen LogP contribution in [0, 0.1) is 15.5 Å². The standard InChI is InChI=1S/C26H28BrClN4O4/c1-26(2,3)15-36-23-17(11-19(28)13-22(23)32(34)35)14-29-31-24(16-7-5-4-6-8-16)30-21-10-9-18(27)12-20(21)25(31)33/h9-14,16H,4-8,15H2,1-3H3. The Morgan fingerprint density at radius 1 is 1.25 bits per heavy atom. The van der Waals surface area contributed by atoms with Crippen LogP contribution in [0.4, 0.5) is 5.69 Å². The molecule has 4 rings (SSSR count). The first kappa shape index (κ1) is 26.3. The predicted octanol–water partition coefficient (Wildman–Crippen LogP) is 7.08. The topological polar surface area (TPSA) is 99.6 Å². The number of fused-ring (bicyclic) bond motifs is 1. The van der Waals surface area contributed by atoms with Crippen LogP contribution in [0.15, 0.2) is 44.7 Å². The number of nitro benzene ring substituents is 1. The van der Waals surface area contributed by atoms with Crippen LogP contribution in [0.2, 0.25) is 5.02 Å². The van der Waals surface area contributed by atoms with Crippen molar-refractivity contribution in [1.82, 2.24) is 9.66 Å². The van der Waals surface area contributed by atoms with Crippen LogP contribution in [0.3, 0.4) is 0 Å². The van der Waals surface area contributed by atoms with Gasteiger partial charge in [-0.2, -0.15) is 9.78 Å². The van der Waals surface area contributed by atoms with Crippen LogP contribution in [0.1, 0.15) is 70.2 Å². The van der Waals surface area contributed by atoms with Crippen molar-refractivity contribution in [2.45, 2.75) is 58.8 Å². The second-order valence-corrected chi connectivity index (χ2v) is 11.6. The molecule has 1 aromatic heterocycles. The molecule has 0 saturated heterocycles. The summed E-state index contributed by atoms with van der Waals surface area (Å²) in [5.41, 5.74) is 0.139. The van der Waals surface area contributed by atoms with Crippen LogP contribution in [0.25, 0.3) is 10.9 Å². The highest BCUT2D eigenvalue weighted by Gasteiger charge is 2.25. The molecule has 0 N–H and O–H groups in total. The summed E-state index contributed by atoms with van der Waals surface area (Å²) in [5.74, 6) is 0.758. The van der Waals surface area contributed by atoms with Crippen molar-refractivity contribution in [3.8, 4) is 5.75 Å². The lowest BCUT2D eigenvalue weighted by atomic mass is 9.88. The molecule has 0 atom stereocenters. The molecule has 3 aromatic rings. The summed E-state index contributed by atoms with van der Waals surface area (Å²) >= 11 is 9.63. The molecule has 0 unspecified atom stereocenters. The summed E-state index contributed by atoms with van der Waals surface area (Å²) in [6, 6.07) is 8.21. The number of rotatable bonds is 6. The lowest BCUT2D eigenvalue weighted by Crippen LogP contribution is -2.25. The third-order valence-corrected chi connectivity index (χ3v) is 6.74. The van der Waals surface area contributed by atoms with Crippen LogP contribution in [0.5, 0.6) is 5.75 Å². The molecule has 10 heteroatoms. The molecule has 1 saturated carbocycles. The van der Waals surface area contributed by atoms with Crippen molar-refractivity contribution in [3.05, 3.63) is 71.7 Å². The van der Waals surface area contributed by atoms with Crippen LogP contribution in [-0.2, 0) is 0 Å². The van der Waals surface area contributed by atoms with Gasteiger partial charge in [-0.05, 0) is 42.5 Å². The zero-order valence-electron chi connectivity index (χ0n) is 20.5. The van der Waals surface area contributed by atoms with Crippen molar-refractivity contribution in [2.75, 3.05) is 6.61 Å². The largest absolute Gasteiger partial charge is 0.486 e. The number of hydrogen-bond donors (Lipinski definition) is 0. The number of halogens is 2. The van der Waals surface area contributed by atoms with Gasteiger partial charge in [0.2, 0.25) is 5.75 Å². The molecule has 0 amide bonds. The van der Waals surface area contributed by atoms with Gasteiger partial charge in [0.1, 0.15) is 5.82 Å². The molecule has 0 bridgehead atoms. The second-order valence-electron chi connectivity index (χ2n) is 10.3. The van der Waals surface area contributed by atoms with Gasteiger partial charge >= 0.3 is 5.69 Å². The fourth-order valence-electron chi connectivity index (χ4n) is 4.30. The van der Waals surface area contributed by atoms with Gasteiger partial charge in [0.05, 0.1) is 28.6 Å². The minimum atomic E-state index is -0.532. The Hall–Kier alpha value is -2.78. The summed E-state index contributed by atoms with van der Waals surface area (Å²) in [7, 11) is 0. The van der Waals surface area contributed by atoms with E-state index in [1.165, 1.54) is 17.0 Å². The summed E-state index contributed by atoms with van der Waals surface area (Å²) in [6.45, 7) is 6.15. The molecule has 1 heterocycles. The monoisotopic (exact) mass is 574 g/mol. The number of nitro groups is 1. The summed E-state index contributed by atoms with van der Waals surface area (Å²) in [4.78, 5) is 29.6. The molecule has 0 aliphatic heterocycles. The Morgan fingerprint density at radius 2 is 1.97 bits per heavy atom. The van der Waals surface area contributed by atoms with Crippen molar-refractivity contribution in [3.63, 3.8) is 0 Å². The summed E-state index contributed by atoms with van der Waals surface area (Å²) in [5, 5.41) is 16.9. The Labute approximate surface area is 222 Å². The lowest BCUT2D eigenvalue weighted by molar-refractivity contribution is -0.385. The van der Waals surface area contributed by atoms with Gasteiger partial charge < -0.3 is 4.74 Å². The van der Waals surface area contributed by atoms with E-state index in [4.69, 9.17) is 21.3 Å². The van der Waals surface area contributed by atoms with Crippen molar-refractivity contribution in [1.29, 1.82) is 0 Å². The van der Waals surface area contributed by atoms with E-state index in [0.717, 1.165) is 36.6 Å². The maximum absolute atomic E-state index is 13.6. The third-order valence-electron chi connectivity index (χ3n) is 6.03. The van der Waals surface area contributed by atoms with E-state index in [-0.39, 0.29) is 40.0 Å². The van der Waals surface area contributed by atoms with Crippen LogP contribution < -0.4 is 10.3 Å². The third kappa shape index (κ3) is 5.95. The molecule has 0 spiro atoms. The zero-order chi connectivity index (χ0) is 26.0. The smallest absolute Gasteiger partial charge is 0.313 e. The van der Waals surface area contributed by atoms with E-state index in [0.29, 0.717) is 22.3 Å². The number of ether oxygens (including phenoxy) is 1. The van der Waals surface area contributed by atoms with Crippen molar-refractivity contribution < 1.29 is 9.66 Å². The molecule has 1 aliphatic carbocycles. The molecule has 1 fully saturated rings. The first-order valence-corrected chi connectivity index (χ1v) is 13.1. The second kappa shape index (κ2) is 10.7. The SMILES string of the molecule is CC(C)(C)COc1c(C=Nn2c(C3CCCCC3)nc3ccc(Br)cc3c2=O)cc(Cl)cc1[N+](=O)[O-]. The van der Waals surface area contributed by atoms with E-state index in [9.17, 15) is 14.9 Å². The highest BCUT2D eigenvalue weighted by molar-refractivity contribution is 9.10. The van der Waals surface area contributed by atoms with Crippen LogP contribution in [-0.4, -0.2) is 27.4 Å². The number of nitrogens with zero attached hydrogens (tertiary/aromatic N) is 4. The highest BCUT2D eigenvalue weighted by atomic mass is 79.9. The molecular formula is C26H28BrClN4O4. The van der Waals surface area contributed by atoms with Gasteiger partial charge in [-0.3, -0.25) is 14.9 Å². The van der Waals surface area contributed by atoms with E-state index in [1.54, 1.807) is 12.1 Å². The Kier molecular flexibility index (Phi) is 7.80. The Balaban J connectivity index is 1.87. The molecular weight excluding hydrogens is 548 g/mol. The first-order chi connectivity index (χ1) is 17.0. The average Bonchev–Trinajstić information content (AvgIpc) is 2.82. The molecule has 1 aliphatic rings. The normalized spacial score (nSPS) is 15.0. The Morgan fingerprint density at radius 3 is 2.64 bits per heavy atom. The summed E-state index contributed by atoms with van der Waals surface area (Å²) in [6.07, 6.45) is 6.53. The average molecular weight is 576 g/mol. The minimum Gasteiger partial charge on any atom is -0.486 e. The predicted molar refractivity (Wildman–Crippen MR) is 146 cm³/mol. The molecule has 8 nitrogen and oxygen atoms in total. The van der Waals surface area contributed by atoms with E-state index in [2.05, 4.69) is 21.0 Å². The fraction of sp³-hybridized carbons (Fsp3) is 0.423. The quantitative estimate of drug-likeness (QED) is 0.178. The minimum absolute atomic E-state index is 0.0619. The molecule has 190 valence electrons. The number of benzene rings is 2. The van der Waals surface area contributed by atoms with E-state index < -0.39 is 4.92 Å². The number of aromatic nitrogens is 2. The maximum Gasteiger partial charge on any atom is 0.313 e. The summed E-state index contributed by atoms with van der Waals surface area (Å²) < 4.78 is 7.99. The molecule has 2 aromatic carbocycles. The zero-order valence-corrected chi connectivity index (χ0v) is 22.8. The van der Waals surface area contributed by atoms with Gasteiger partial charge in [0.15, 0.2) is 0 Å². The number of hydrogen-bond acceptors (Lipinski definition) is 6. The molecule has 0 radical (unpaired) electrons. The van der Waals surface area contributed by atoms with Gasteiger partial charge in [0.25, 0.3) is 5.56 Å². The van der Waals surface area contributed by atoms with Gasteiger partial charge in [0, 0.05) is 27.0 Å². The van der Waals surface area contributed by atoms with Gasteiger partial charge in [-0.15, -0.1) is 0 Å². The van der Waals surface area contributed by atoms with Crippen molar-refractivity contribution >= 4 is 50.3 Å². The first-order valence-electron chi connectivity index (χ1n) is 11.9. The van der Waals surface area contributed by atoms with Gasteiger partial charge in [-0.25, -0.2) is 4.98 Å². The van der Waals surface area contributed by atoms with E-state index in [1.807, 2.05) is 32.9 Å². The fourth-order valence-corrected chi connectivity index (χ4v) is 4.88. The van der Waals surface area contributed by atoms with Crippen LogP contribution >= 0.6 is 27.5 Å². The Bertz CT molecular complexity index is 1390. The molecule has 36 heavy (non-hydrogen) atoms. The maximum atomic E-state index is 13.6.